The summed E-state index contributed by atoms with van der Waals surface area (Å²) in [6.07, 6.45) is 0.460. The van der Waals surface area contributed by atoms with Crippen molar-refractivity contribution in [2.75, 3.05) is 38.6 Å². The van der Waals surface area contributed by atoms with E-state index in [1.165, 1.54) is 17.4 Å². The van der Waals surface area contributed by atoms with Gasteiger partial charge in [0.1, 0.15) is 0 Å². The fraction of sp³-hybridized carbons (Fsp3) is 0.692. The third-order valence-corrected chi connectivity index (χ3v) is 5.10. The molecule has 0 radical (unpaired) electrons. The van der Waals surface area contributed by atoms with Gasteiger partial charge >= 0.3 is 5.69 Å². The van der Waals surface area contributed by atoms with Crippen molar-refractivity contribution in [3.8, 4) is 0 Å². The maximum atomic E-state index is 11.1. The van der Waals surface area contributed by atoms with E-state index in [0.717, 1.165) is 26.1 Å². The lowest BCUT2D eigenvalue weighted by Crippen LogP contribution is -2.27. The molecule has 0 aliphatic carbocycles. The molecule has 0 amide bonds. The van der Waals surface area contributed by atoms with E-state index in [0.29, 0.717) is 15.8 Å². The standard InChI is InChI=1S/C13H21N3O3S/c1-9(17)12-6-11(16(18)19)13(20-12)15(3)8-10-4-5-14(2)7-10/h6,9-10,17H,4-5,7-8H2,1-3H3. The SMILES string of the molecule is CC(O)c1cc([N+](=O)[O-])c(N(C)CC2CCN(C)C2)s1. The molecule has 2 heterocycles. The van der Waals surface area contributed by atoms with E-state index in [-0.39, 0.29) is 10.6 Å². The first-order valence-electron chi connectivity index (χ1n) is 6.74. The highest BCUT2D eigenvalue weighted by molar-refractivity contribution is 7.16. The van der Waals surface area contributed by atoms with Gasteiger partial charge in [0.2, 0.25) is 0 Å². The lowest BCUT2D eigenvalue weighted by molar-refractivity contribution is -0.383. The molecule has 112 valence electrons. The number of thiophene rings is 1. The van der Waals surface area contributed by atoms with Crippen LogP contribution in [-0.2, 0) is 0 Å². The number of nitro groups is 1. The Hall–Kier alpha value is -1.18. The third-order valence-electron chi connectivity index (χ3n) is 3.69. The lowest BCUT2D eigenvalue weighted by Gasteiger charge is -2.21. The summed E-state index contributed by atoms with van der Waals surface area (Å²) in [5.41, 5.74) is 0.0970. The van der Waals surface area contributed by atoms with Crippen LogP contribution in [0.3, 0.4) is 0 Å². The molecule has 0 aromatic carbocycles. The van der Waals surface area contributed by atoms with E-state index in [1.54, 1.807) is 6.92 Å². The van der Waals surface area contributed by atoms with Crippen molar-refractivity contribution >= 4 is 22.0 Å². The van der Waals surface area contributed by atoms with Gasteiger partial charge in [0.25, 0.3) is 0 Å². The zero-order valence-electron chi connectivity index (χ0n) is 12.1. The Morgan fingerprint density at radius 2 is 2.40 bits per heavy atom. The predicted molar refractivity (Wildman–Crippen MR) is 80.5 cm³/mol. The molecule has 1 fully saturated rings. The molecule has 0 spiro atoms. The van der Waals surface area contributed by atoms with Crippen molar-refractivity contribution in [2.45, 2.75) is 19.4 Å². The average molecular weight is 299 g/mol. The Labute approximate surface area is 122 Å². The van der Waals surface area contributed by atoms with E-state index in [2.05, 4.69) is 11.9 Å². The topological polar surface area (TPSA) is 69.8 Å². The van der Waals surface area contributed by atoms with E-state index in [1.807, 2.05) is 11.9 Å². The molecule has 1 aromatic heterocycles. The molecule has 7 heteroatoms. The fourth-order valence-corrected chi connectivity index (χ4v) is 3.68. The smallest absolute Gasteiger partial charge is 0.304 e. The highest BCUT2D eigenvalue weighted by atomic mass is 32.1. The number of anilines is 1. The van der Waals surface area contributed by atoms with Gasteiger partial charge in [-0.25, -0.2) is 0 Å². The average Bonchev–Trinajstić information content (AvgIpc) is 2.95. The zero-order valence-corrected chi connectivity index (χ0v) is 12.9. The molecule has 1 aromatic rings. The first-order chi connectivity index (χ1) is 9.38. The van der Waals surface area contributed by atoms with Gasteiger partial charge in [-0.1, -0.05) is 0 Å². The number of nitrogens with zero attached hydrogens (tertiary/aromatic N) is 3. The number of aliphatic hydroxyl groups is 1. The van der Waals surface area contributed by atoms with Crippen molar-refractivity contribution < 1.29 is 10.0 Å². The minimum atomic E-state index is -0.668. The van der Waals surface area contributed by atoms with Crippen LogP contribution < -0.4 is 4.90 Å². The largest absolute Gasteiger partial charge is 0.388 e. The summed E-state index contributed by atoms with van der Waals surface area (Å²) in [6.45, 7) is 4.56. The molecule has 20 heavy (non-hydrogen) atoms. The van der Waals surface area contributed by atoms with Crippen LogP contribution in [0.5, 0.6) is 0 Å². The summed E-state index contributed by atoms with van der Waals surface area (Å²) >= 11 is 1.31. The van der Waals surface area contributed by atoms with Gasteiger partial charge in [0, 0.05) is 31.1 Å². The minimum Gasteiger partial charge on any atom is -0.388 e. The van der Waals surface area contributed by atoms with E-state index < -0.39 is 6.10 Å². The number of hydrogen-bond acceptors (Lipinski definition) is 6. The van der Waals surface area contributed by atoms with Gasteiger partial charge in [-0.3, -0.25) is 10.1 Å². The zero-order chi connectivity index (χ0) is 14.9. The van der Waals surface area contributed by atoms with Crippen LogP contribution in [-0.4, -0.2) is 48.7 Å². The van der Waals surface area contributed by atoms with Crippen LogP contribution in [0.2, 0.25) is 0 Å². The van der Waals surface area contributed by atoms with Gasteiger partial charge in [-0.05, 0) is 32.9 Å². The molecule has 1 aliphatic heterocycles. The number of likely N-dealkylation sites (tertiary alicyclic amines) is 1. The van der Waals surface area contributed by atoms with Crippen LogP contribution in [0, 0.1) is 16.0 Å². The maximum Gasteiger partial charge on any atom is 0.304 e. The van der Waals surface area contributed by atoms with Gasteiger partial charge < -0.3 is 14.9 Å². The molecule has 2 unspecified atom stereocenters. The molecule has 0 saturated carbocycles. The quantitative estimate of drug-likeness (QED) is 0.666. The van der Waals surface area contributed by atoms with Crippen molar-refractivity contribution in [1.29, 1.82) is 0 Å². The molecule has 1 saturated heterocycles. The summed E-state index contributed by atoms with van der Waals surface area (Å²) < 4.78 is 0. The second-order valence-corrected chi connectivity index (χ2v) is 6.63. The van der Waals surface area contributed by atoms with Crippen molar-refractivity contribution in [3.05, 3.63) is 21.1 Å². The lowest BCUT2D eigenvalue weighted by atomic mass is 10.1. The summed E-state index contributed by atoms with van der Waals surface area (Å²) in [5, 5.41) is 21.4. The Bertz CT molecular complexity index is 489. The van der Waals surface area contributed by atoms with Gasteiger partial charge in [0.15, 0.2) is 5.00 Å². The highest BCUT2D eigenvalue weighted by Gasteiger charge is 2.27. The minimum absolute atomic E-state index is 0.0970. The Morgan fingerprint density at radius 3 is 2.90 bits per heavy atom. The van der Waals surface area contributed by atoms with Crippen LogP contribution in [0.15, 0.2) is 6.07 Å². The van der Waals surface area contributed by atoms with Gasteiger partial charge in [-0.15, -0.1) is 11.3 Å². The van der Waals surface area contributed by atoms with Crippen LogP contribution in [0.4, 0.5) is 10.7 Å². The summed E-state index contributed by atoms with van der Waals surface area (Å²) in [6, 6.07) is 1.49. The fourth-order valence-electron chi connectivity index (χ4n) is 2.65. The Balaban J connectivity index is 2.15. The number of rotatable bonds is 5. The molecular formula is C13H21N3O3S. The van der Waals surface area contributed by atoms with Crippen LogP contribution in [0.1, 0.15) is 24.3 Å². The predicted octanol–water partition coefficient (Wildman–Crippen LogP) is 2.10. The second-order valence-electron chi connectivity index (χ2n) is 5.57. The Morgan fingerprint density at radius 1 is 1.70 bits per heavy atom. The summed E-state index contributed by atoms with van der Waals surface area (Å²) in [7, 11) is 3.99. The van der Waals surface area contributed by atoms with Crippen LogP contribution >= 0.6 is 11.3 Å². The molecular weight excluding hydrogens is 278 g/mol. The Kier molecular flexibility index (Phi) is 4.62. The van der Waals surface area contributed by atoms with Crippen molar-refractivity contribution in [2.24, 2.45) is 5.92 Å². The number of hydrogen-bond donors (Lipinski definition) is 1. The van der Waals surface area contributed by atoms with Crippen molar-refractivity contribution in [1.82, 2.24) is 4.90 Å². The van der Waals surface area contributed by atoms with Crippen LogP contribution in [0.25, 0.3) is 0 Å². The monoisotopic (exact) mass is 299 g/mol. The first-order valence-corrected chi connectivity index (χ1v) is 7.56. The molecule has 2 rings (SSSR count). The molecule has 1 aliphatic rings. The second kappa shape index (κ2) is 6.07. The van der Waals surface area contributed by atoms with E-state index >= 15 is 0 Å². The number of aliphatic hydroxyl groups excluding tert-OH is 1. The molecule has 6 nitrogen and oxygen atoms in total. The third kappa shape index (κ3) is 3.28. The molecule has 1 N–H and O–H groups in total. The summed E-state index contributed by atoms with van der Waals surface area (Å²) in [4.78, 5) is 15.7. The van der Waals surface area contributed by atoms with Crippen molar-refractivity contribution in [3.63, 3.8) is 0 Å². The first kappa shape index (κ1) is 15.2. The highest BCUT2D eigenvalue weighted by Crippen LogP contribution is 2.40. The van der Waals surface area contributed by atoms with Gasteiger partial charge in [0.05, 0.1) is 11.0 Å². The summed E-state index contributed by atoms with van der Waals surface area (Å²) in [5.74, 6) is 0.543. The maximum absolute atomic E-state index is 11.1. The molecule has 2 atom stereocenters. The molecule has 0 bridgehead atoms. The normalized spacial score (nSPS) is 21.1. The van der Waals surface area contributed by atoms with E-state index in [9.17, 15) is 15.2 Å². The van der Waals surface area contributed by atoms with E-state index in [4.69, 9.17) is 0 Å². The van der Waals surface area contributed by atoms with Gasteiger partial charge in [-0.2, -0.15) is 0 Å².